The third-order valence-electron chi connectivity index (χ3n) is 10.2. The number of carbonyl (C=O) groups excluding carboxylic acids is 1. The number of carbonyl (C=O) groups is 2. The fourth-order valence-corrected chi connectivity index (χ4v) is 7.66. The van der Waals surface area contributed by atoms with E-state index in [0.29, 0.717) is 29.0 Å². The SMILES string of the molecule is COc1ccc([C@@H]2CN(C3CCCC3)C[C@@]2(F)C(=O)N2CC(OC)[C@@H](c3ccc(C(F)(F)F)cc3-c3ccc(C(=O)O)cc3)C2)cc1. The minimum atomic E-state index is -4.61. The van der Waals surface area contributed by atoms with E-state index in [1.54, 1.807) is 31.4 Å². The van der Waals surface area contributed by atoms with Crippen LogP contribution in [0, 0.1) is 0 Å². The molecule has 6 rings (SSSR count). The summed E-state index contributed by atoms with van der Waals surface area (Å²) in [5.41, 5.74) is -1.24. The molecule has 3 aromatic rings. The second-order valence-electron chi connectivity index (χ2n) is 12.8. The molecule has 0 radical (unpaired) electrons. The molecule has 1 unspecified atom stereocenters. The summed E-state index contributed by atoms with van der Waals surface area (Å²) in [6.07, 6.45) is -1.17. The van der Waals surface area contributed by atoms with Crippen molar-refractivity contribution in [2.45, 2.75) is 61.5 Å². The third-order valence-corrected chi connectivity index (χ3v) is 10.2. The van der Waals surface area contributed by atoms with Crippen LogP contribution < -0.4 is 4.74 Å². The Morgan fingerprint density at radius 1 is 0.915 bits per heavy atom. The van der Waals surface area contributed by atoms with Gasteiger partial charge in [-0.3, -0.25) is 9.69 Å². The van der Waals surface area contributed by atoms with Gasteiger partial charge in [-0.15, -0.1) is 0 Å². The standard InChI is InChI=1S/C36H38F4N2O5/c1-46-27-14-11-23(12-15-27)31-19-42(26-5-3-4-6-26)21-35(31,37)34(45)41-18-30(32(20-41)47-2)28-16-13-25(36(38,39)40)17-29(28)22-7-9-24(10-8-22)33(43)44/h7-17,26,30-32H,3-6,18-21H2,1-2H3,(H,43,44)/t30-,31+,32?,35+/m1/s1. The molecule has 0 spiro atoms. The monoisotopic (exact) mass is 654 g/mol. The molecule has 2 heterocycles. The number of aromatic carboxylic acids is 1. The fourth-order valence-electron chi connectivity index (χ4n) is 7.66. The Bertz CT molecular complexity index is 1610. The zero-order valence-electron chi connectivity index (χ0n) is 26.3. The number of likely N-dealkylation sites (tertiary alicyclic amines) is 2. The summed E-state index contributed by atoms with van der Waals surface area (Å²) in [7, 11) is 3.03. The van der Waals surface area contributed by atoms with Gasteiger partial charge in [-0.2, -0.15) is 13.2 Å². The van der Waals surface area contributed by atoms with Crippen LogP contribution in [0.15, 0.2) is 66.7 Å². The molecule has 1 saturated carbocycles. The molecule has 0 bridgehead atoms. The van der Waals surface area contributed by atoms with E-state index < -0.39 is 47.2 Å². The highest BCUT2D eigenvalue weighted by molar-refractivity contribution is 5.89. The molecule has 1 aliphatic carbocycles. The minimum absolute atomic E-state index is 0.00227. The second kappa shape index (κ2) is 12.9. The van der Waals surface area contributed by atoms with Crippen molar-refractivity contribution >= 4 is 11.9 Å². The first kappa shape index (κ1) is 33.0. The number of carboxylic acid groups (broad SMARTS) is 1. The first-order valence-electron chi connectivity index (χ1n) is 15.9. The lowest BCUT2D eigenvalue weighted by Gasteiger charge is -2.31. The molecule has 3 aliphatic rings. The Kier molecular flexibility index (Phi) is 9.06. The van der Waals surface area contributed by atoms with Gasteiger partial charge >= 0.3 is 12.1 Å². The van der Waals surface area contributed by atoms with Crippen LogP contribution in [0.2, 0.25) is 0 Å². The van der Waals surface area contributed by atoms with Gasteiger partial charge in [-0.1, -0.05) is 43.2 Å². The number of amides is 1. The van der Waals surface area contributed by atoms with E-state index in [0.717, 1.165) is 37.8 Å². The van der Waals surface area contributed by atoms with E-state index in [4.69, 9.17) is 9.47 Å². The number of ether oxygens (including phenoxy) is 2. The maximum absolute atomic E-state index is 17.5. The van der Waals surface area contributed by atoms with E-state index in [1.165, 1.54) is 42.3 Å². The number of hydrogen-bond acceptors (Lipinski definition) is 5. The average molecular weight is 655 g/mol. The number of methoxy groups -OCH3 is 2. The van der Waals surface area contributed by atoms with Gasteiger partial charge in [0.25, 0.3) is 5.91 Å². The zero-order valence-corrected chi connectivity index (χ0v) is 26.3. The molecule has 1 amide bonds. The summed E-state index contributed by atoms with van der Waals surface area (Å²) in [6, 6.07) is 16.4. The number of alkyl halides is 4. The van der Waals surface area contributed by atoms with Gasteiger partial charge in [0.15, 0.2) is 0 Å². The molecule has 11 heteroatoms. The number of halogens is 4. The lowest BCUT2D eigenvalue weighted by molar-refractivity contribution is -0.143. The van der Waals surface area contributed by atoms with Gasteiger partial charge in [0.05, 0.1) is 24.3 Å². The smallest absolute Gasteiger partial charge is 0.416 e. The van der Waals surface area contributed by atoms with Crippen LogP contribution >= 0.6 is 0 Å². The van der Waals surface area contributed by atoms with Crippen molar-refractivity contribution < 1.29 is 41.7 Å². The summed E-state index contributed by atoms with van der Waals surface area (Å²) >= 11 is 0. The van der Waals surface area contributed by atoms with E-state index in [9.17, 15) is 27.9 Å². The molecule has 4 atom stereocenters. The number of hydrogen-bond donors (Lipinski definition) is 1. The molecule has 2 aliphatic heterocycles. The van der Waals surface area contributed by atoms with Crippen molar-refractivity contribution in [3.05, 3.63) is 89.0 Å². The number of carboxylic acids is 1. The van der Waals surface area contributed by atoms with Crippen LogP contribution in [0.5, 0.6) is 5.75 Å². The molecule has 3 fully saturated rings. The predicted octanol–water partition coefficient (Wildman–Crippen LogP) is 6.77. The molecule has 7 nitrogen and oxygen atoms in total. The van der Waals surface area contributed by atoms with Crippen molar-refractivity contribution in [1.29, 1.82) is 0 Å². The van der Waals surface area contributed by atoms with E-state index >= 15 is 4.39 Å². The summed E-state index contributed by atoms with van der Waals surface area (Å²) in [4.78, 5) is 29.3. The lowest BCUT2D eigenvalue weighted by atomic mass is 9.85. The van der Waals surface area contributed by atoms with Crippen LogP contribution in [0.4, 0.5) is 17.6 Å². The summed E-state index contributed by atoms with van der Waals surface area (Å²) in [5.74, 6) is -2.45. The first-order valence-corrected chi connectivity index (χ1v) is 15.9. The number of rotatable bonds is 8. The van der Waals surface area contributed by atoms with Crippen molar-refractivity contribution in [3.8, 4) is 16.9 Å². The molecular formula is C36H38F4N2O5. The van der Waals surface area contributed by atoms with Crippen LogP contribution in [0.1, 0.15) is 64.6 Å². The highest BCUT2D eigenvalue weighted by Gasteiger charge is 2.57. The first-order chi connectivity index (χ1) is 22.4. The molecular weight excluding hydrogens is 616 g/mol. The predicted molar refractivity (Wildman–Crippen MR) is 167 cm³/mol. The number of benzene rings is 3. The van der Waals surface area contributed by atoms with Crippen molar-refractivity contribution in [3.63, 3.8) is 0 Å². The van der Waals surface area contributed by atoms with E-state index in [2.05, 4.69) is 4.90 Å². The van der Waals surface area contributed by atoms with Crippen molar-refractivity contribution in [2.24, 2.45) is 0 Å². The quantitative estimate of drug-likeness (QED) is 0.270. The normalized spacial score (nSPS) is 25.4. The summed E-state index contributed by atoms with van der Waals surface area (Å²) < 4.78 is 70.1. The molecule has 3 aromatic carbocycles. The molecule has 47 heavy (non-hydrogen) atoms. The van der Waals surface area contributed by atoms with Crippen LogP contribution in [-0.2, 0) is 15.7 Å². The molecule has 250 valence electrons. The fraction of sp³-hybridized carbons (Fsp3) is 0.444. The van der Waals surface area contributed by atoms with Gasteiger partial charge in [-0.25, -0.2) is 9.18 Å². The van der Waals surface area contributed by atoms with E-state index in [-0.39, 0.29) is 36.8 Å². The Morgan fingerprint density at radius 2 is 1.60 bits per heavy atom. The Morgan fingerprint density at radius 3 is 2.19 bits per heavy atom. The van der Waals surface area contributed by atoms with Gasteiger partial charge in [0, 0.05) is 51.2 Å². The average Bonchev–Trinajstić information content (AvgIpc) is 3.83. The van der Waals surface area contributed by atoms with E-state index in [1.807, 2.05) is 0 Å². The maximum atomic E-state index is 17.5. The molecule has 0 aromatic heterocycles. The second-order valence-corrected chi connectivity index (χ2v) is 12.8. The molecule has 1 N–H and O–H groups in total. The van der Waals surface area contributed by atoms with Gasteiger partial charge in [0.1, 0.15) is 5.75 Å². The number of nitrogens with zero attached hydrogens (tertiary/aromatic N) is 2. The van der Waals surface area contributed by atoms with Gasteiger partial charge in [0.2, 0.25) is 5.67 Å². The van der Waals surface area contributed by atoms with Crippen molar-refractivity contribution in [1.82, 2.24) is 9.80 Å². The Hall–Kier alpha value is -3.96. The van der Waals surface area contributed by atoms with Gasteiger partial charge < -0.3 is 19.5 Å². The third kappa shape index (κ3) is 6.35. The minimum Gasteiger partial charge on any atom is -0.497 e. The lowest BCUT2D eigenvalue weighted by Crippen LogP contribution is -2.50. The Balaban J connectivity index is 1.34. The van der Waals surface area contributed by atoms with Gasteiger partial charge in [-0.05, 0) is 71.5 Å². The van der Waals surface area contributed by atoms with Crippen molar-refractivity contribution in [2.75, 3.05) is 40.4 Å². The summed E-state index contributed by atoms with van der Waals surface area (Å²) in [6.45, 7) is 0.489. The molecule has 2 saturated heterocycles. The summed E-state index contributed by atoms with van der Waals surface area (Å²) in [5, 5.41) is 9.33. The Labute approximate surface area is 271 Å². The van der Waals surface area contributed by atoms with Crippen LogP contribution in [-0.4, -0.2) is 85.0 Å². The highest BCUT2D eigenvalue weighted by atomic mass is 19.4. The largest absolute Gasteiger partial charge is 0.497 e. The zero-order chi connectivity index (χ0) is 33.5. The highest BCUT2D eigenvalue weighted by Crippen LogP contribution is 2.46. The van der Waals surface area contributed by atoms with Crippen LogP contribution in [0.25, 0.3) is 11.1 Å². The van der Waals surface area contributed by atoms with Crippen LogP contribution in [0.3, 0.4) is 0 Å². The topological polar surface area (TPSA) is 79.3 Å². The maximum Gasteiger partial charge on any atom is 0.416 e.